The van der Waals surface area contributed by atoms with Crippen LogP contribution in [0.25, 0.3) is 0 Å². The van der Waals surface area contributed by atoms with E-state index < -0.39 is 0 Å². The minimum absolute atomic E-state index is 0.151. The summed E-state index contributed by atoms with van der Waals surface area (Å²) in [6, 6.07) is 0. The number of nitrogens with zero attached hydrogens (tertiary/aromatic N) is 1. The summed E-state index contributed by atoms with van der Waals surface area (Å²) in [7, 11) is 1.48. The Morgan fingerprint density at radius 1 is 1.30 bits per heavy atom. The Morgan fingerprint density at radius 3 is 1.70 bits per heavy atom. The lowest BCUT2D eigenvalue weighted by molar-refractivity contribution is 0.374. The van der Waals surface area contributed by atoms with Crippen molar-refractivity contribution in [3.63, 3.8) is 0 Å². The van der Waals surface area contributed by atoms with Crippen molar-refractivity contribution in [3.8, 4) is 0 Å². The number of rotatable bonds is 2. The van der Waals surface area contributed by atoms with Gasteiger partial charge < -0.3 is 4.23 Å². The third-order valence-electron chi connectivity index (χ3n) is 1.67. The summed E-state index contributed by atoms with van der Waals surface area (Å²) < 4.78 is 2.78. The van der Waals surface area contributed by atoms with E-state index in [2.05, 4.69) is 38.1 Å². The summed E-state index contributed by atoms with van der Waals surface area (Å²) in [6.45, 7) is 11.8. The first-order chi connectivity index (χ1) is 4.39. The van der Waals surface area contributed by atoms with Crippen molar-refractivity contribution in [1.29, 1.82) is 0 Å². The summed E-state index contributed by atoms with van der Waals surface area (Å²) in [5.41, 5.74) is 0.464. The van der Waals surface area contributed by atoms with Gasteiger partial charge in [-0.25, -0.2) is 0 Å². The monoisotopic (exact) mass is 190 g/mol. The fraction of sp³-hybridized carbons (Fsp3) is 1.00. The van der Waals surface area contributed by atoms with E-state index in [4.69, 9.17) is 0 Å². The maximum absolute atomic E-state index is 2.78. The van der Waals surface area contributed by atoms with Crippen molar-refractivity contribution in [2.75, 3.05) is 0 Å². The van der Waals surface area contributed by atoms with Gasteiger partial charge in [0.15, 0.2) is 0 Å². The van der Waals surface area contributed by atoms with E-state index in [0.717, 1.165) is 0 Å². The lowest BCUT2D eigenvalue weighted by Crippen LogP contribution is -2.50. The Morgan fingerprint density at radius 2 is 1.70 bits per heavy atom. The second kappa shape index (κ2) is 3.85. The third kappa shape index (κ3) is 3.14. The molecule has 0 fully saturated rings. The zero-order valence-electron chi connectivity index (χ0n) is 8.15. The lowest BCUT2D eigenvalue weighted by atomic mass is 10.1. The molecule has 1 radical (unpaired) electrons. The molecule has 0 bridgehead atoms. The van der Waals surface area contributed by atoms with Crippen LogP contribution in [0.4, 0.5) is 0 Å². The minimum Gasteiger partial charge on any atom is -0.350 e. The molecule has 0 aliphatic rings. The van der Waals surface area contributed by atoms with Crippen LogP contribution in [0.15, 0.2) is 0 Å². The smallest absolute Gasteiger partial charge is 0.122 e. The number of hydrogen-bond donors (Lipinski definition) is 0. The SMILES string of the molecule is C[Si](C)N([SiH2][SiH3])C(C)(C)C. The molecule has 0 saturated heterocycles. The van der Waals surface area contributed by atoms with Crippen LogP contribution in [-0.4, -0.2) is 37.7 Å². The average Bonchev–Trinajstić information content (AvgIpc) is 1.60. The highest BCUT2D eigenvalue weighted by Crippen LogP contribution is 2.12. The van der Waals surface area contributed by atoms with Gasteiger partial charge in [0.25, 0.3) is 0 Å². The second-order valence-corrected chi connectivity index (χ2v) is 10.1. The maximum atomic E-state index is 2.78. The minimum atomic E-state index is -0.151. The fourth-order valence-electron chi connectivity index (χ4n) is 1.46. The van der Waals surface area contributed by atoms with E-state index in [0.29, 0.717) is 5.54 Å². The molecule has 0 unspecified atom stereocenters. The Kier molecular flexibility index (Phi) is 4.08. The van der Waals surface area contributed by atoms with Gasteiger partial charge in [0.05, 0.1) is 9.20 Å². The van der Waals surface area contributed by atoms with E-state index >= 15 is 0 Å². The second-order valence-electron chi connectivity index (χ2n) is 3.86. The van der Waals surface area contributed by atoms with Crippen molar-refractivity contribution in [3.05, 3.63) is 0 Å². The molecule has 1 nitrogen and oxygen atoms in total. The van der Waals surface area contributed by atoms with Gasteiger partial charge >= 0.3 is 0 Å². The highest BCUT2D eigenvalue weighted by Gasteiger charge is 2.21. The summed E-state index contributed by atoms with van der Waals surface area (Å²) in [4.78, 5) is 0. The van der Waals surface area contributed by atoms with E-state index in [1.807, 2.05) is 0 Å². The molecule has 0 amide bonds. The predicted molar refractivity (Wildman–Crippen MR) is 57.6 cm³/mol. The fourth-order valence-corrected chi connectivity index (χ4v) is 14.8. The van der Waals surface area contributed by atoms with Crippen LogP contribution in [0, 0.1) is 0 Å². The zero-order valence-corrected chi connectivity index (χ0v) is 12.6. The van der Waals surface area contributed by atoms with Gasteiger partial charge in [-0.2, -0.15) is 0 Å². The van der Waals surface area contributed by atoms with Crippen molar-refractivity contribution in [2.24, 2.45) is 0 Å². The Balaban J connectivity index is 4.07. The van der Waals surface area contributed by atoms with Crippen LogP contribution >= 0.6 is 0 Å². The van der Waals surface area contributed by atoms with Crippen molar-refractivity contribution >= 4 is 27.9 Å². The first-order valence-corrected chi connectivity index (χ1v) is 12.7. The van der Waals surface area contributed by atoms with Crippen molar-refractivity contribution in [1.82, 2.24) is 4.23 Å². The predicted octanol–water partition coefficient (Wildman–Crippen LogP) is -0.298. The molecule has 0 aromatic rings. The molecule has 0 heterocycles. The summed E-state index contributed by atoms with van der Waals surface area (Å²) >= 11 is 0. The van der Waals surface area contributed by atoms with Crippen LogP contribution < -0.4 is 0 Å². The van der Waals surface area contributed by atoms with Crippen molar-refractivity contribution < 1.29 is 0 Å². The highest BCUT2D eigenvalue weighted by molar-refractivity contribution is 6.92. The molecular formula is C6H20NSi3. The third-order valence-corrected chi connectivity index (χ3v) is 11.6. The molecule has 4 heteroatoms. The molecule has 0 atom stereocenters. The maximum Gasteiger partial charge on any atom is 0.122 e. The van der Waals surface area contributed by atoms with Crippen LogP contribution in [0.5, 0.6) is 0 Å². The molecular weight excluding hydrogens is 170 g/mol. The average molecular weight is 190 g/mol. The Labute approximate surface area is 72.0 Å². The van der Waals surface area contributed by atoms with Crippen LogP contribution in [0.1, 0.15) is 20.8 Å². The molecule has 0 N–H and O–H groups in total. The summed E-state index contributed by atoms with van der Waals surface area (Å²) in [6.07, 6.45) is 0. The molecule has 0 aliphatic carbocycles. The van der Waals surface area contributed by atoms with Gasteiger partial charge in [0, 0.05) is 9.76 Å². The lowest BCUT2D eigenvalue weighted by Gasteiger charge is -2.37. The van der Waals surface area contributed by atoms with Crippen LogP contribution in [0.2, 0.25) is 13.1 Å². The van der Waals surface area contributed by atoms with E-state index in [-0.39, 0.29) is 18.2 Å². The zero-order chi connectivity index (χ0) is 8.36. The van der Waals surface area contributed by atoms with Gasteiger partial charge in [-0.3, -0.25) is 0 Å². The molecule has 10 heavy (non-hydrogen) atoms. The van der Waals surface area contributed by atoms with Gasteiger partial charge in [-0.05, 0) is 26.3 Å². The molecule has 0 aliphatic heterocycles. The van der Waals surface area contributed by atoms with Gasteiger partial charge in [0.1, 0.15) is 8.96 Å². The van der Waals surface area contributed by atoms with E-state index in [1.165, 1.54) is 9.76 Å². The molecule has 0 aromatic heterocycles. The molecule has 0 spiro atoms. The van der Waals surface area contributed by atoms with Gasteiger partial charge in [-0.15, -0.1) is 0 Å². The summed E-state index contributed by atoms with van der Waals surface area (Å²) in [5.74, 6) is 0. The van der Waals surface area contributed by atoms with Gasteiger partial charge in [-0.1, -0.05) is 13.1 Å². The Bertz CT molecular complexity index is 97.7. The Hall–Kier alpha value is 0.611. The summed E-state index contributed by atoms with van der Waals surface area (Å²) in [5, 5.41) is 0. The highest BCUT2D eigenvalue weighted by atomic mass is 29.1. The molecule has 0 rings (SSSR count). The first kappa shape index (κ1) is 10.6. The van der Waals surface area contributed by atoms with Crippen LogP contribution in [-0.2, 0) is 0 Å². The molecule has 61 valence electrons. The normalized spacial score (nSPS) is 14.7. The largest absolute Gasteiger partial charge is 0.350 e. The molecule has 0 saturated carbocycles. The molecule has 0 aromatic carbocycles. The first-order valence-electron chi connectivity index (χ1n) is 3.97. The van der Waals surface area contributed by atoms with E-state index in [9.17, 15) is 0 Å². The van der Waals surface area contributed by atoms with Crippen LogP contribution in [0.3, 0.4) is 0 Å². The van der Waals surface area contributed by atoms with E-state index in [1.54, 1.807) is 0 Å². The van der Waals surface area contributed by atoms with Crippen molar-refractivity contribution in [2.45, 2.75) is 39.4 Å². The van der Waals surface area contributed by atoms with Gasteiger partial charge in [0.2, 0.25) is 0 Å². The number of hydrogen-bond acceptors (Lipinski definition) is 1. The quantitative estimate of drug-likeness (QED) is 0.541. The topological polar surface area (TPSA) is 3.24 Å². The standard InChI is InChI=1S/C6H20NSi3/c1-6(2,3)7(9-8)10(4)5/h9H2,1-5,8H3.